The maximum absolute atomic E-state index is 12.8. The third-order valence-corrected chi connectivity index (χ3v) is 5.62. The maximum atomic E-state index is 12.8. The Labute approximate surface area is 165 Å². The topological polar surface area (TPSA) is 104 Å². The second-order valence-electron chi connectivity index (χ2n) is 7.49. The fourth-order valence-corrected chi connectivity index (χ4v) is 4.07. The van der Waals surface area contributed by atoms with Gasteiger partial charge < -0.3 is 0 Å². The third kappa shape index (κ3) is 5.77. The van der Waals surface area contributed by atoms with Gasteiger partial charge in [-0.1, -0.05) is 58.0 Å². The zero-order chi connectivity index (χ0) is 20.9. The van der Waals surface area contributed by atoms with E-state index in [9.17, 15) is 18.0 Å². The minimum absolute atomic E-state index is 0.0773. The lowest BCUT2D eigenvalue weighted by atomic mass is 10.1. The van der Waals surface area contributed by atoms with Crippen molar-refractivity contribution in [3.63, 3.8) is 0 Å². The van der Waals surface area contributed by atoms with Gasteiger partial charge in [0.05, 0.1) is 4.90 Å². The molecule has 1 unspecified atom stereocenters. The zero-order valence-electron chi connectivity index (χ0n) is 16.5. The highest BCUT2D eigenvalue weighted by molar-refractivity contribution is 7.89. The monoisotopic (exact) mass is 405 g/mol. The van der Waals surface area contributed by atoms with Crippen molar-refractivity contribution in [2.45, 2.75) is 45.1 Å². The minimum atomic E-state index is -3.92. The molecule has 28 heavy (non-hydrogen) atoms. The summed E-state index contributed by atoms with van der Waals surface area (Å²) in [6.07, 6.45) is 0.259. The summed E-state index contributed by atoms with van der Waals surface area (Å²) in [6.45, 7) is 7.22. The van der Waals surface area contributed by atoms with Crippen molar-refractivity contribution in [2.24, 2.45) is 11.8 Å². The van der Waals surface area contributed by atoms with Crippen LogP contribution >= 0.6 is 0 Å². The van der Waals surface area contributed by atoms with Gasteiger partial charge in [-0.15, -0.1) is 0 Å². The summed E-state index contributed by atoms with van der Waals surface area (Å²) < 4.78 is 28.0. The Morgan fingerprint density at radius 3 is 2.18 bits per heavy atom. The highest BCUT2D eigenvalue weighted by Crippen LogP contribution is 2.19. The van der Waals surface area contributed by atoms with E-state index in [0.29, 0.717) is 0 Å². The van der Waals surface area contributed by atoms with E-state index in [1.54, 1.807) is 26.0 Å². The quantitative estimate of drug-likeness (QED) is 0.615. The van der Waals surface area contributed by atoms with E-state index in [2.05, 4.69) is 15.6 Å². The molecule has 0 aliphatic heterocycles. The standard InChI is InChI=1S/C20H27N3O4S/c1-13(2)11-18(24)21-22-20(25)19(14(3)4)23-28(26,27)17-10-9-15-7-5-6-8-16(15)12-17/h5-10,12-14,19,23H,11H2,1-4H3,(H,21,24)(H,22,25). The number of nitrogens with one attached hydrogen (secondary N) is 3. The molecular weight excluding hydrogens is 378 g/mol. The molecule has 0 radical (unpaired) electrons. The number of rotatable bonds is 7. The van der Waals surface area contributed by atoms with E-state index in [1.807, 2.05) is 38.1 Å². The maximum Gasteiger partial charge on any atom is 0.256 e. The summed E-state index contributed by atoms with van der Waals surface area (Å²) in [4.78, 5) is 24.2. The van der Waals surface area contributed by atoms with Crippen LogP contribution < -0.4 is 15.6 Å². The van der Waals surface area contributed by atoms with Crippen LogP contribution in [-0.2, 0) is 19.6 Å². The molecule has 2 aromatic carbocycles. The fraction of sp³-hybridized carbons (Fsp3) is 0.400. The van der Waals surface area contributed by atoms with Crippen molar-refractivity contribution in [1.82, 2.24) is 15.6 Å². The number of carbonyl (C=O) groups is 2. The minimum Gasteiger partial charge on any atom is -0.273 e. The average Bonchev–Trinajstić information content (AvgIpc) is 2.63. The van der Waals surface area contributed by atoms with Crippen LogP contribution in [0.3, 0.4) is 0 Å². The molecule has 2 amide bonds. The van der Waals surface area contributed by atoms with Crippen LogP contribution in [0.4, 0.5) is 0 Å². The predicted molar refractivity (Wildman–Crippen MR) is 109 cm³/mol. The van der Waals surface area contributed by atoms with Crippen molar-refractivity contribution in [1.29, 1.82) is 0 Å². The largest absolute Gasteiger partial charge is 0.273 e. The first-order valence-electron chi connectivity index (χ1n) is 9.20. The molecule has 0 heterocycles. The van der Waals surface area contributed by atoms with Crippen LogP contribution in [0.2, 0.25) is 0 Å². The van der Waals surface area contributed by atoms with Crippen LogP contribution in [0.25, 0.3) is 10.8 Å². The summed E-state index contributed by atoms with van der Waals surface area (Å²) in [7, 11) is -3.92. The molecule has 0 saturated heterocycles. The van der Waals surface area contributed by atoms with E-state index in [1.165, 1.54) is 6.07 Å². The summed E-state index contributed by atoms with van der Waals surface area (Å²) in [5.74, 6) is -1.12. The van der Waals surface area contributed by atoms with Gasteiger partial charge in [-0.25, -0.2) is 8.42 Å². The van der Waals surface area contributed by atoms with Crippen molar-refractivity contribution >= 4 is 32.6 Å². The summed E-state index contributed by atoms with van der Waals surface area (Å²) >= 11 is 0. The molecule has 0 saturated carbocycles. The van der Waals surface area contributed by atoms with Crippen LogP contribution in [0.1, 0.15) is 34.1 Å². The Bertz CT molecular complexity index is 955. The molecule has 0 spiro atoms. The smallest absolute Gasteiger partial charge is 0.256 e. The number of benzene rings is 2. The molecule has 0 aliphatic carbocycles. The van der Waals surface area contributed by atoms with Gasteiger partial charge >= 0.3 is 0 Å². The fourth-order valence-electron chi connectivity index (χ4n) is 2.69. The van der Waals surface area contributed by atoms with Crippen LogP contribution in [0.15, 0.2) is 47.4 Å². The van der Waals surface area contributed by atoms with Gasteiger partial charge in [0, 0.05) is 6.42 Å². The van der Waals surface area contributed by atoms with E-state index in [0.717, 1.165) is 10.8 Å². The molecule has 2 rings (SSSR count). The Balaban J connectivity index is 2.14. The highest BCUT2D eigenvalue weighted by atomic mass is 32.2. The van der Waals surface area contributed by atoms with Crippen LogP contribution in [0.5, 0.6) is 0 Å². The molecule has 0 aromatic heterocycles. The Morgan fingerprint density at radius 1 is 0.929 bits per heavy atom. The van der Waals surface area contributed by atoms with Gasteiger partial charge in [-0.3, -0.25) is 20.4 Å². The molecule has 7 nitrogen and oxygen atoms in total. The first-order chi connectivity index (χ1) is 13.1. The summed E-state index contributed by atoms with van der Waals surface area (Å²) in [5, 5.41) is 1.71. The Morgan fingerprint density at radius 2 is 1.57 bits per heavy atom. The highest BCUT2D eigenvalue weighted by Gasteiger charge is 2.28. The van der Waals surface area contributed by atoms with Gasteiger partial charge in [0.25, 0.3) is 5.91 Å². The number of fused-ring (bicyclic) bond motifs is 1. The van der Waals surface area contributed by atoms with Gasteiger partial charge in [0.15, 0.2) is 0 Å². The molecule has 152 valence electrons. The normalized spacial score (nSPS) is 12.9. The van der Waals surface area contributed by atoms with Gasteiger partial charge in [0.2, 0.25) is 15.9 Å². The molecule has 1 atom stereocenters. The molecule has 0 aliphatic rings. The number of sulfonamides is 1. The lowest BCUT2D eigenvalue weighted by molar-refractivity contribution is -0.130. The van der Waals surface area contributed by atoms with Crippen molar-refractivity contribution in [3.05, 3.63) is 42.5 Å². The first kappa shape index (κ1) is 21.8. The molecule has 0 bridgehead atoms. The molecule has 3 N–H and O–H groups in total. The van der Waals surface area contributed by atoms with Crippen LogP contribution in [-0.4, -0.2) is 26.3 Å². The number of hydrogen-bond donors (Lipinski definition) is 3. The van der Waals surface area contributed by atoms with E-state index < -0.39 is 22.0 Å². The van der Waals surface area contributed by atoms with Gasteiger partial charge in [-0.05, 0) is 34.7 Å². The SMILES string of the molecule is CC(C)CC(=O)NNC(=O)C(NS(=O)(=O)c1ccc2ccccc2c1)C(C)C. The van der Waals surface area contributed by atoms with E-state index >= 15 is 0 Å². The van der Waals surface area contributed by atoms with Crippen molar-refractivity contribution < 1.29 is 18.0 Å². The predicted octanol–water partition coefficient (Wildman–Crippen LogP) is 2.34. The van der Waals surface area contributed by atoms with Crippen LogP contribution in [0, 0.1) is 11.8 Å². The van der Waals surface area contributed by atoms with Gasteiger partial charge in [-0.2, -0.15) is 4.72 Å². The summed E-state index contributed by atoms with van der Waals surface area (Å²) in [6, 6.07) is 11.2. The number of hydrogen-bond acceptors (Lipinski definition) is 4. The number of carbonyl (C=O) groups excluding carboxylic acids is 2. The number of amides is 2. The molecule has 8 heteroatoms. The lowest BCUT2D eigenvalue weighted by Gasteiger charge is -2.22. The Kier molecular flexibility index (Phi) is 7.15. The zero-order valence-corrected chi connectivity index (χ0v) is 17.3. The molecule has 0 fully saturated rings. The molecular formula is C20H27N3O4S. The van der Waals surface area contributed by atoms with Crippen molar-refractivity contribution in [3.8, 4) is 0 Å². The van der Waals surface area contributed by atoms with E-state index in [-0.39, 0.29) is 29.1 Å². The second kappa shape index (κ2) is 9.16. The Hall–Kier alpha value is -2.45. The average molecular weight is 406 g/mol. The first-order valence-corrected chi connectivity index (χ1v) is 10.7. The lowest BCUT2D eigenvalue weighted by Crippen LogP contribution is -2.54. The molecule has 2 aromatic rings. The summed E-state index contributed by atoms with van der Waals surface area (Å²) in [5.41, 5.74) is 4.63. The van der Waals surface area contributed by atoms with E-state index in [4.69, 9.17) is 0 Å². The second-order valence-corrected chi connectivity index (χ2v) is 9.20. The van der Waals surface area contributed by atoms with Crippen molar-refractivity contribution in [2.75, 3.05) is 0 Å². The number of hydrazine groups is 1. The van der Waals surface area contributed by atoms with Gasteiger partial charge in [0.1, 0.15) is 6.04 Å². The third-order valence-electron chi connectivity index (χ3n) is 4.18.